The second kappa shape index (κ2) is 5.12. The number of hydrogen-bond donors (Lipinski definition) is 0. The van der Waals surface area contributed by atoms with Gasteiger partial charge in [0.05, 0.1) is 5.69 Å². The van der Waals surface area contributed by atoms with Crippen LogP contribution in [0.25, 0.3) is 0 Å². The first kappa shape index (κ1) is 13.1. The molecule has 0 spiro atoms. The van der Waals surface area contributed by atoms with Gasteiger partial charge in [-0.05, 0) is 25.5 Å². The lowest BCUT2D eigenvalue weighted by molar-refractivity contribution is 1.01. The molecule has 94 valence electrons. The zero-order valence-corrected chi connectivity index (χ0v) is 11.9. The number of aryl methyl sites for hydroxylation is 2. The average Bonchev–Trinajstić information content (AvgIpc) is 2.31. The fraction of sp³-hybridized carbons (Fsp3) is 0.231. The summed E-state index contributed by atoms with van der Waals surface area (Å²) in [4.78, 5) is 1.96. The van der Waals surface area contributed by atoms with E-state index in [9.17, 15) is 0 Å². The fourth-order valence-electron chi connectivity index (χ4n) is 1.89. The lowest BCUT2D eigenvalue weighted by Gasteiger charge is -2.22. The van der Waals surface area contributed by atoms with Gasteiger partial charge in [-0.2, -0.15) is 0 Å². The topological polar surface area (TPSA) is 29.0 Å². The molecule has 2 rings (SSSR count). The van der Waals surface area contributed by atoms with Gasteiger partial charge in [0.2, 0.25) is 0 Å². The summed E-state index contributed by atoms with van der Waals surface area (Å²) in [7, 11) is 1.93. The highest BCUT2D eigenvalue weighted by molar-refractivity contribution is 6.33. The van der Waals surface area contributed by atoms with E-state index in [1.807, 2.05) is 11.9 Å². The molecule has 0 saturated carbocycles. The van der Waals surface area contributed by atoms with Gasteiger partial charge >= 0.3 is 0 Å². The van der Waals surface area contributed by atoms with Crippen molar-refractivity contribution in [2.24, 2.45) is 0 Å². The van der Waals surface area contributed by atoms with Crippen molar-refractivity contribution < 1.29 is 0 Å². The van der Waals surface area contributed by atoms with Gasteiger partial charge in [-0.1, -0.05) is 40.9 Å². The third-order valence-corrected chi connectivity index (χ3v) is 3.23. The van der Waals surface area contributed by atoms with E-state index < -0.39 is 0 Å². The van der Waals surface area contributed by atoms with Gasteiger partial charge in [0.1, 0.15) is 0 Å². The number of aromatic nitrogens is 2. The lowest BCUT2D eigenvalue weighted by Crippen LogP contribution is -2.12. The Kier molecular flexibility index (Phi) is 3.73. The Bertz CT molecular complexity index is 584. The molecule has 18 heavy (non-hydrogen) atoms. The van der Waals surface area contributed by atoms with Crippen LogP contribution in [-0.4, -0.2) is 17.2 Å². The Morgan fingerprint density at radius 3 is 2.39 bits per heavy atom. The highest BCUT2D eigenvalue weighted by Crippen LogP contribution is 2.32. The molecule has 0 aliphatic heterocycles. The fourth-order valence-corrected chi connectivity index (χ4v) is 2.25. The van der Waals surface area contributed by atoms with E-state index in [0.29, 0.717) is 10.3 Å². The van der Waals surface area contributed by atoms with E-state index in [0.717, 1.165) is 11.4 Å². The summed E-state index contributed by atoms with van der Waals surface area (Å²) in [5.74, 6) is 0. The maximum Gasteiger partial charge on any atom is 0.175 e. The van der Waals surface area contributed by atoms with Gasteiger partial charge in [0.25, 0.3) is 0 Å². The van der Waals surface area contributed by atoms with Crippen molar-refractivity contribution in [2.75, 3.05) is 11.9 Å². The molecular formula is C13H13Cl2N3. The Morgan fingerprint density at radius 2 is 1.72 bits per heavy atom. The van der Waals surface area contributed by atoms with Gasteiger partial charge < -0.3 is 4.90 Å². The van der Waals surface area contributed by atoms with Crippen molar-refractivity contribution in [3.05, 3.63) is 45.7 Å². The standard InChI is InChI=1S/C13H13Cl2N3/c1-8-4-5-10(9(2)6-8)18(3)11-7-12(14)16-17-13(11)15/h4-7H,1-3H3. The lowest BCUT2D eigenvalue weighted by atomic mass is 10.1. The molecule has 2 aromatic rings. The van der Waals surface area contributed by atoms with Crippen LogP contribution in [-0.2, 0) is 0 Å². The quantitative estimate of drug-likeness (QED) is 0.827. The summed E-state index contributed by atoms with van der Waals surface area (Å²) in [6, 6.07) is 7.93. The number of nitrogens with zero attached hydrogens (tertiary/aromatic N) is 3. The SMILES string of the molecule is Cc1ccc(N(C)c2cc(Cl)nnc2Cl)c(C)c1. The minimum atomic E-state index is 0.325. The van der Waals surface area contributed by atoms with E-state index in [1.165, 1.54) is 11.1 Å². The van der Waals surface area contributed by atoms with Crippen molar-refractivity contribution >= 4 is 34.6 Å². The zero-order valence-electron chi connectivity index (χ0n) is 10.4. The molecule has 0 N–H and O–H groups in total. The molecule has 0 aliphatic carbocycles. The molecule has 0 unspecified atom stereocenters. The highest BCUT2D eigenvalue weighted by Gasteiger charge is 2.12. The summed E-state index contributed by atoms with van der Waals surface area (Å²) in [5, 5.41) is 8.18. The van der Waals surface area contributed by atoms with E-state index in [1.54, 1.807) is 6.07 Å². The predicted molar refractivity (Wildman–Crippen MR) is 76.0 cm³/mol. The Balaban J connectivity index is 2.47. The van der Waals surface area contributed by atoms with Crippen molar-refractivity contribution in [1.29, 1.82) is 0 Å². The molecule has 1 heterocycles. The normalized spacial score (nSPS) is 10.5. The number of anilines is 2. The second-order valence-corrected chi connectivity index (χ2v) is 4.94. The first-order valence-corrected chi connectivity index (χ1v) is 6.24. The minimum absolute atomic E-state index is 0.325. The zero-order chi connectivity index (χ0) is 13.3. The Morgan fingerprint density at radius 1 is 1.00 bits per heavy atom. The summed E-state index contributed by atoms with van der Waals surface area (Å²) in [6.07, 6.45) is 0. The minimum Gasteiger partial charge on any atom is -0.342 e. The predicted octanol–water partition coefficient (Wildman–Crippen LogP) is 4.17. The third kappa shape index (κ3) is 2.57. The Labute approximate surface area is 116 Å². The van der Waals surface area contributed by atoms with Crippen molar-refractivity contribution in [1.82, 2.24) is 10.2 Å². The highest BCUT2D eigenvalue weighted by atomic mass is 35.5. The Hall–Kier alpha value is -1.32. The van der Waals surface area contributed by atoms with Crippen molar-refractivity contribution in [3.8, 4) is 0 Å². The molecule has 0 saturated heterocycles. The average molecular weight is 282 g/mol. The molecule has 0 atom stereocenters. The molecule has 5 heteroatoms. The number of halogens is 2. The van der Waals surface area contributed by atoms with Gasteiger partial charge in [0, 0.05) is 18.8 Å². The van der Waals surface area contributed by atoms with Crippen molar-refractivity contribution in [3.63, 3.8) is 0 Å². The summed E-state index contributed by atoms with van der Waals surface area (Å²) in [6.45, 7) is 4.12. The van der Waals surface area contributed by atoms with Crippen LogP contribution < -0.4 is 4.90 Å². The van der Waals surface area contributed by atoms with E-state index in [4.69, 9.17) is 23.2 Å². The number of hydrogen-bond acceptors (Lipinski definition) is 3. The molecular weight excluding hydrogens is 269 g/mol. The summed E-state index contributed by atoms with van der Waals surface area (Å²) < 4.78 is 0. The van der Waals surface area contributed by atoms with Crippen LogP contribution in [0.4, 0.5) is 11.4 Å². The van der Waals surface area contributed by atoms with Crippen molar-refractivity contribution in [2.45, 2.75) is 13.8 Å². The molecule has 0 bridgehead atoms. The molecule has 3 nitrogen and oxygen atoms in total. The number of benzene rings is 1. The first-order valence-electron chi connectivity index (χ1n) is 5.48. The van der Waals surface area contributed by atoms with Gasteiger partial charge in [-0.15, -0.1) is 10.2 Å². The van der Waals surface area contributed by atoms with Crippen LogP contribution in [0.5, 0.6) is 0 Å². The summed E-state index contributed by atoms with van der Waals surface area (Å²) in [5.41, 5.74) is 4.19. The third-order valence-electron chi connectivity index (χ3n) is 2.78. The van der Waals surface area contributed by atoms with Crippen LogP contribution in [0.1, 0.15) is 11.1 Å². The van der Waals surface area contributed by atoms with Gasteiger partial charge in [0.15, 0.2) is 10.3 Å². The van der Waals surface area contributed by atoms with Crippen LogP contribution in [0.15, 0.2) is 24.3 Å². The van der Waals surface area contributed by atoms with E-state index >= 15 is 0 Å². The van der Waals surface area contributed by atoms with E-state index in [2.05, 4.69) is 42.2 Å². The molecule has 0 amide bonds. The maximum absolute atomic E-state index is 6.05. The molecule has 1 aromatic carbocycles. The van der Waals surface area contributed by atoms with Gasteiger partial charge in [-0.3, -0.25) is 0 Å². The monoisotopic (exact) mass is 281 g/mol. The van der Waals surface area contributed by atoms with Gasteiger partial charge in [-0.25, -0.2) is 0 Å². The van der Waals surface area contributed by atoms with Crippen LogP contribution >= 0.6 is 23.2 Å². The van der Waals surface area contributed by atoms with Crippen LogP contribution in [0.2, 0.25) is 10.3 Å². The molecule has 0 radical (unpaired) electrons. The molecule has 0 aliphatic rings. The summed E-state index contributed by atoms with van der Waals surface area (Å²) >= 11 is 11.9. The molecule has 0 fully saturated rings. The van der Waals surface area contributed by atoms with E-state index in [-0.39, 0.29) is 0 Å². The van der Waals surface area contributed by atoms with Crippen LogP contribution in [0.3, 0.4) is 0 Å². The largest absolute Gasteiger partial charge is 0.342 e. The van der Waals surface area contributed by atoms with Crippen LogP contribution in [0, 0.1) is 13.8 Å². The first-order chi connectivity index (χ1) is 8.49. The smallest absolute Gasteiger partial charge is 0.175 e. The number of rotatable bonds is 2. The molecule has 1 aromatic heterocycles. The maximum atomic E-state index is 6.05. The second-order valence-electron chi connectivity index (χ2n) is 4.19.